The Morgan fingerprint density at radius 2 is 2.12 bits per heavy atom. The maximum Gasteiger partial charge on any atom is 0.352 e. The number of carboxylic acid groups (broad SMARTS) is 1. The maximum absolute atomic E-state index is 13.2. The fourth-order valence-corrected chi connectivity index (χ4v) is 6.81. The second-order valence-corrected chi connectivity index (χ2v) is 11.6. The van der Waals surface area contributed by atoms with Gasteiger partial charge in [0.2, 0.25) is 6.41 Å². The number of H-pyrrole nitrogens is 1. The fourth-order valence-electron chi connectivity index (χ4n) is 3.75. The lowest BCUT2D eigenvalue weighted by atomic mass is 10.0. The molecule has 0 unspecified atom stereocenters. The number of aromatic amines is 1. The van der Waals surface area contributed by atoms with E-state index in [1.54, 1.807) is 0 Å². The summed E-state index contributed by atoms with van der Waals surface area (Å²) in [5, 5.41) is 26.0. The quantitative estimate of drug-likeness (QED) is 0.0597. The Bertz CT molecular complexity index is 1580. The molecule has 40 heavy (non-hydrogen) atoms. The number of hydrogen-bond acceptors (Lipinski definition) is 13. The van der Waals surface area contributed by atoms with E-state index in [4.69, 9.17) is 4.84 Å². The van der Waals surface area contributed by atoms with E-state index in [1.807, 2.05) is 0 Å². The lowest BCUT2D eigenvalue weighted by Gasteiger charge is -2.49. The Kier molecular flexibility index (Phi) is 7.76. The number of nitrogens with one attached hydrogen (secondary N) is 3. The van der Waals surface area contributed by atoms with E-state index in [0.29, 0.717) is 12.0 Å². The van der Waals surface area contributed by atoms with Crippen LogP contribution in [0.15, 0.2) is 36.6 Å². The van der Waals surface area contributed by atoms with Crippen LogP contribution in [0.1, 0.15) is 18.5 Å². The fraction of sp³-hybridized carbons (Fsp3) is 0.381. The molecular formula is C21H20N8O8S3. The van der Waals surface area contributed by atoms with Gasteiger partial charge in [-0.3, -0.25) is 33.4 Å². The number of thiazole rings is 1. The van der Waals surface area contributed by atoms with Crippen molar-refractivity contribution in [3.8, 4) is 0 Å². The van der Waals surface area contributed by atoms with Gasteiger partial charge in [0.25, 0.3) is 11.8 Å². The van der Waals surface area contributed by atoms with Crippen molar-refractivity contribution < 1.29 is 29.1 Å². The molecular weight excluding hydrogens is 588 g/mol. The number of aromatic nitrogens is 4. The molecule has 0 bridgehead atoms. The number of hydrogen-bond donors (Lipinski definition) is 4. The van der Waals surface area contributed by atoms with Crippen LogP contribution >= 0.6 is 34.9 Å². The van der Waals surface area contributed by atoms with E-state index in [-0.39, 0.29) is 45.0 Å². The molecule has 1 aliphatic carbocycles. The van der Waals surface area contributed by atoms with Gasteiger partial charge in [-0.1, -0.05) is 16.9 Å². The lowest BCUT2D eigenvalue weighted by Crippen LogP contribution is -2.71. The summed E-state index contributed by atoms with van der Waals surface area (Å²) >= 11 is 3.37. The molecule has 2 aromatic rings. The molecule has 19 heteroatoms. The van der Waals surface area contributed by atoms with Crippen molar-refractivity contribution in [3.05, 3.63) is 43.1 Å². The number of anilines is 1. The summed E-state index contributed by atoms with van der Waals surface area (Å²) in [6.45, 7) is 0. The number of carbonyl (C=O) groups excluding carboxylic acids is 3. The monoisotopic (exact) mass is 608 g/mol. The van der Waals surface area contributed by atoms with Crippen molar-refractivity contribution >= 4 is 69.9 Å². The highest BCUT2D eigenvalue weighted by molar-refractivity contribution is 8.01. The van der Waals surface area contributed by atoms with E-state index in [0.717, 1.165) is 45.4 Å². The van der Waals surface area contributed by atoms with Gasteiger partial charge in [-0.15, -0.1) is 28.2 Å². The van der Waals surface area contributed by atoms with Crippen LogP contribution in [0.25, 0.3) is 0 Å². The normalized spacial score (nSPS) is 20.5. The Morgan fingerprint density at radius 3 is 2.83 bits per heavy atom. The number of carbonyl (C=O) groups is 4. The number of amides is 3. The molecule has 3 amide bonds. The first-order valence-electron chi connectivity index (χ1n) is 11.6. The van der Waals surface area contributed by atoms with Gasteiger partial charge >= 0.3 is 17.1 Å². The molecule has 2 aromatic heterocycles. The van der Waals surface area contributed by atoms with Crippen molar-refractivity contribution in [2.24, 2.45) is 12.2 Å². The molecule has 0 radical (unpaired) electrons. The van der Waals surface area contributed by atoms with Crippen molar-refractivity contribution in [2.75, 3.05) is 16.8 Å². The van der Waals surface area contributed by atoms with Gasteiger partial charge in [-0.05, 0) is 18.4 Å². The van der Waals surface area contributed by atoms with E-state index in [9.17, 15) is 33.9 Å². The zero-order chi connectivity index (χ0) is 28.6. The number of thioether (sulfide) groups is 2. The third-order valence-electron chi connectivity index (χ3n) is 5.91. The van der Waals surface area contributed by atoms with Crippen molar-refractivity contribution in [3.63, 3.8) is 0 Å². The summed E-state index contributed by atoms with van der Waals surface area (Å²) in [4.78, 5) is 83.0. The number of rotatable bonds is 11. The summed E-state index contributed by atoms with van der Waals surface area (Å²) in [6.07, 6.45) is 1.92. The molecule has 4 N–H and O–H groups in total. The Hall–Kier alpha value is -3.97. The van der Waals surface area contributed by atoms with Crippen molar-refractivity contribution in [1.29, 1.82) is 0 Å². The average Bonchev–Trinajstić information content (AvgIpc) is 3.65. The van der Waals surface area contributed by atoms with Crippen LogP contribution in [0.5, 0.6) is 0 Å². The molecule has 16 nitrogen and oxygen atoms in total. The summed E-state index contributed by atoms with van der Waals surface area (Å²) < 4.78 is 1.05. The molecule has 1 saturated heterocycles. The van der Waals surface area contributed by atoms with Crippen molar-refractivity contribution in [1.82, 2.24) is 30.0 Å². The lowest BCUT2D eigenvalue weighted by molar-refractivity contribution is -0.150. The highest BCUT2D eigenvalue weighted by atomic mass is 32.2. The minimum Gasteiger partial charge on any atom is -0.477 e. The van der Waals surface area contributed by atoms with E-state index < -0.39 is 40.3 Å². The first-order valence-corrected chi connectivity index (χ1v) is 14.5. The van der Waals surface area contributed by atoms with Gasteiger partial charge < -0.3 is 20.6 Å². The highest BCUT2D eigenvalue weighted by Crippen LogP contribution is 2.41. The van der Waals surface area contributed by atoms with E-state index >= 15 is 0 Å². The molecule has 210 valence electrons. The third kappa shape index (κ3) is 5.39. The number of carboxylic acids is 1. The molecule has 2 fully saturated rings. The second kappa shape index (κ2) is 11.3. The van der Waals surface area contributed by atoms with Crippen molar-refractivity contribution in [2.45, 2.75) is 35.5 Å². The average molecular weight is 609 g/mol. The summed E-state index contributed by atoms with van der Waals surface area (Å²) in [7, 11) is 1.37. The molecule has 0 spiro atoms. The number of β-lactam (4-membered cyclic amide) rings is 1. The molecule has 3 aliphatic rings. The number of nitrogens with zero attached hydrogens (tertiary/aromatic N) is 5. The number of oxime groups is 1. The highest BCUT2D eigenvalue weighted by Gasteiger charge is 2.54. The third-order valence-corrected chi connectivity index (χ3v) is 9.14. The minimum absolute atomic E-state index is 0.0881. The van der Waals surface area contributed by atoms with Crippen LogP contribution < -0.4 is 21.8 Å². The molecule has 1 saturated carbocycles. The van der Waals surface area contributed by atoms with Crippen LogP contribution in [0.4, 0.5) is 5.13 Å². The summed E-state index contributed by atoms with van der Waals surface area (Å²) in [5.41, 5.74) is -1.53. The Labute approximate surface area is 236 Å². The molecule has 2 atom stereocenters. The zero-order valence-corrected chi connectivity index (χ0v) is 22.9. The second-order valence-electron chi connectivity index (χ2n) is 8.65. The minimum atomic E-state index is -1.32. The summed E-state index contributed by atoms with van der Waals surface area (Å²) in [6, 6.07) is -1.03. The molecule has 0 aromatic carbocycles. The van der Waals surface area contributed by atoms with E-state index in [2.05, 4.69) is 31.0 Å². The molecule has 4 heterocycles. The van der Waals surface area contributed by atoms with Gasteiger partial charge in [0, 0.05) is 23.9 Å². The van der Waals surface area contributed by atoms with E-state index in [1.165, 1.54) is 24.2 Å². The van der Waals surface area contributed by atoms with Gasteiger partial charge in [0.15, 0.2) is 16.0 Å². The number of fused-ring (bicyclic) bond motifs is 1. The van der Waals surface area contributed by atoms with Gasteiger partial charge in [0.1, 0.15) is 28.9 Å². The van der Waals surface area contributed by atoms with Crippen LogP contribution in [0.2, 0.25) is 0 Å². The largest absolute Gasteiger partial charge is 0.477 e. The number of aliphatic carboxylic acids is 1. The first-order chi connectivity index (χ1) is 19.2. The van der Waals surface area contributed by atoms with Crippen LogP contribution in [-0.4, -0.2) is 88.7 Å². The van der Waals surface area contributed by atoms with Crippen LogP contribution in [-0.2, 0) is 31.1 Å². The standard InChI is InChI=1S/C21H20N8O8S3/c1-28-17(34)15(32)25-26-21(28)40-5-8-4-38-18-12(16(33)29(18)13(8)19(35)36)24-14(31)11(27-37-9-2-3-9)10-6-39-20(23-10)22-7-30/h6-7,9,12,18H,2-5H2,1H3,(H,24,31)(H,25,32)(H,35,36)(H,22,23,30)/b27-11-/t12-,18-/m1/s1. The Morgan fingerprint density at radius 1 is 1.35 bits per heavy atom. The van der Waals surface area contributed by atoms with Gasteiger partial charge in [-0.2, -0.15) is 0 Å². The van der Waals surface area contributed by atoms with Crippen LogP contribution in [0.3, 0.4) is 0 Å². The first kappa shape index (κ1) is 27.6. The molecule has 5 rings (SSSR count). The SMILES string of the molecule is Cn1c(SCC2=C(C(=O)O)N3C(=O)[C@@H](NC(=O)/C(=N\OC4CC4)c4csc(NC=O)n4)[C@H]3SC2)n[nH]c(=O)c1=O. The predicted octanol–water partition coefficient (Wildman–Crippen LogP) is -1.09. The molecule has 2 aliphatic heterocycles. The smallest absolute Gasteiger partial charge is 0.352 e. The van der Waals surface area contributed by atoms with Gasteiger partial charge in [-0.25, -0.2) is 14.9 Å². The topological polar surface area (TPSA) is 218 Å². The van der Waals surface area contributed by atoms with Gasteiger partial charge in [0.05, 0.1) is 0 Å². The zero-order valence-electron chi connectivity index (χ0n) is 20.5. The van der Waals surface area contributed by atoms with Crippen LogP contribution in [0, 0.1) is 0 Å². The predicted molar refractivity (Wildman–Crippen MR) is 143 cm³/mol. The summed E-state index contributed by atoms with van der Waals surface area (Å²) in [5.74, 6) is -2.37. The Balaban J connectivity index is 1.32. The maximum atomic E-state index is 13.2.